The van der Waals surface area contributed by atoms with Crippen LogP contribution in [-0.4, -0.2) is 56.9 Å². The average Bonchev–Trinajstić information content (AvgIpc) is 3.25. The Bertz CT molecular complexity index is 818. The van der Waals surface area contributed by atoms with Crippen LogP contribution in [0.2, 0.25) is 0 Å². The van der Waals surface area contributed by atoms with Crippen molar-refractivity contribution in [3.05, 3.63) is 42.2 Å². The quantitative estimate of drug-likeness (QED) is 0.917. The molecule has 3 atom stereocenters. The fourth-order valence-corrected chi connectivity index (χ4v) is 4.56. The number of benzene rings is 1. The summed E-state index contributed by atoms with van der Waals surface area (Å²) in [5.74, 6) is 0.761. The lowest BCUT2D eigenvalue weighted by molar-refractivity contribution is -0.0824. The maximum Gasteiger partial charge on any atom is 0.254 e. The van der Waals surface area contributed by atoms with Gasteiger partial charge in [-0.15, -0.1) is 0 Å². The molecule has 4 rings (SSSR count). The summed E-state index contributed by atoms with van der Waals surface area (Å²) in [6.45, 7) is 0.652. The maximum atomic E-state index is 13.4. The lowest BCUT2D eigenvalue weighted by Gasteiger charge is -2.42. The predicted octanol–water partition coefficient (Wildman–Crippen LogP) is 2.23. The van der Waals surface area contributed by atoms with E-state index in [4.69, 9.17) is 4.74 Å². The zero-order valence-corrected chi connectivity index (χ0v) is 15.3. The third-order valence-corrected chi connectivity index (χ3v) is 6.04. The lowest BCUT2D eigenvalue weighted by atomic mass is 9.79. The molecule has 0 bridgehead atoms. The molecule has 6 nitrogen and oxygen atoms in total. The molecule has 6 heteroatoms. The number of aryl methyl sites for hydroxylation is 1. The van der Waals surface area contributed by atoms with Crippen molar-refractivity contribution >= 4 is 5.91 Å². The van der Waals surface area contributed by atoms with E-state index >= 15 is 0 Å². The highest BCUT2D eigenvalue weighted by Crippen LogP contribution is 2.43. The monoisotopic (exact) mass is 355 g/mol. The van der Waals surface area contributed by atoms with Crippen molar-refractivity contribution in [1.82, 2.24) is 14.5 Å². The number of hydrogen-bond acceptors (Lipinski definition) is 4. The number of aromatic nitrogens is 2. The molecule has 1 aliphatic heterocycles. The number of fused-ring (bicyclic) bond motifs is 1. The van der Waals surface area contributed by atoms with Crippen LogP contribution < -0.4 is 0 Å². The van der Waals surface area contributed by atoms with E-state index in [9.17, 15) is 9.90 Å². The van der Waals surface area contributed by atoms with Crippen LogP contribution in [0.3, 0.4) is 0 Å². The predicted molar refractivity (Wildman–Crippen MR) is 97.7 cm³/mol. The summed E-state index contributed by atoms with van der Waals surface area (Å²) < 4.78 is 7.78. The molecule has 1 aromatic heterocycles. The molecule has 1 saturated carbocycles. The number of methoxy groups -OCH3 is 1. The molecule has 0 spiro atoms. The Morgan fingerprint density at radius 3 is 2.88 bits per heavy atom. The van der Waals surface area contributed by atoms with Crippen LogP contribution in [0.1, 0.15) is 36.0 Å². The molecule has 2 aliphatic rings. The number of ether oxygens (including phenoxy) is 1. The van der Waals surface area contributed by atoms with E-state index in [1.54, 1.807) is 13.3 Å². The highest BCUT2D eigenvalue weighted by molar-refractivity contribution is 6.00. The number of aliphatic hydroxyl groups is 1. The molecular formula is C20H25N3O3. The first-order chi connectivity index (χ1) is 12.6. The molecule has 0 radical (unpaired) electrons. The Kier molecular flexibility index (Phi) is 4.32. The molecule has 2 fully saturated rings. The van der Waals surface area contributed by atoms with E-state index in [0.717, 1.165) is 30.7 Å². The molecular weight excluding hydrogens is 330 g/mol. The highest BCUT2D eigenvalue weighted by atomic mass is 16.5. The van der Waals surface area contributed by atoms with Gasteiger partial charge in [0.05, 0.1) is 23.3 Å². The molecule has 0 unspecified atom stereocenters. The van der Waals surface area contributed by atoms with E-state index < -0.39 is 0 Å². The number of nitrogens with zero attached hydrogens (tertiary/aromatic N) is 3. The van der Waals surface area contributed by atoms with Crippen LogP contribution in [-0.2, 0) is 11.8 Å². The molecule has 1 amide bonds. The lowest BCUT2D eigenvalue weighted by Crippen LogP contribution is -2.52. The number of carbonyl (C=O) groups excluding carboxylic acids is 1. The normalized spacial score (nSPS) is 28.2. The van der Waals surface area contributed by atoms with Crippen molar-refractivity contribution in [2.45, 2.75) is 43.4 Å². The van der Waals surface area contributed by atoms with Gasteiger partial charge < -0.3 is 19.3 Å². The highest BCUT2D eigenvalue weighted by Gasteiger charge is 2.52. The van der Waals surface area contributed by atoms with E-state index in [0.29, 0.717) is 18.5 Å². The third-order valence-electron chi connectivity index (χ3n) is 6.04. The van der Waals surface area contributed by atoms with Crippen molar-refractivity contribution in [3.8, 4) is 11.4 Å². The third kappa shape index (κ3) is 2.64. The van der Waals surface area contributed by atoms with Gasteiger partial charge in [0.2, 0.25) is 0 Å². The Morgan fingerprint density at radius 1 is 1.35 bits per heavy atom. The smallest absolute Gasteiger partial charge is 0.254 e. The largest absolute Gasteiger partial charge is 0.393 e. The SMILES string of the molecule is CO[C@@]12CC[C@H](O)C[C@@H]1N(C(=O)c1ccccc1-c1nccn1C)CC2. The van der Waals surface area contributed by atoms with E-state index in [-0.39, 0.29) is 23.7 Å². The van der Waals surface area contributed by atoms with Crippen molar-refractivity contribution in [3.63, 3.8) is 0 Å². The maximum absolute atomic E-state index is 13.4. The minimum absolute atomic E-state index is 0.0124. The van der Waals surface area contributed by atoms with Gasteiger partial charge in [0, 0.05) is 38.7 Å². The standard InChI is InChI=1S/C20H25N3O3/c1-22-12-10-21-18(22)15-5-3-4-6-16(15)19(25)23-11-9-20(26-2)8-7-14(24)13-17(20)23/h3-6,10,12,14,17,24H,7-9,11,13H2,1-2H3/t14-,17-,20+/m0/s1. The first kappa shape index (κ1) is 17.2. The van der Waals surface area contributed by atoms with Gasteiger partial charge in [-0.2, -0.15) is 0 Å². The van der Waals surface area contributed by atoms with Gasteiger partial charge in [0.15, 0.2) is 0 Å². The minimum Gasteiger partial charge on any atom is -0.393 e. The second-order valence-electron chi connectivity index (χ2n) is 7.37. The Balaban J connectivity index is 1.70. The zero-order chi connectivity index (χ0) is 18.3. The van der Waals surface area contributed by atoms with Gasteiger partial charge in [0.25, 0.3) is 5.91 Å². The molecule has 26 heavy (non-hydrogen) atoms. The van der Waals surface area contributed by atoms with Crippen LogP contribution >= 0.6 is 0 Å². The second kappa shape index (κ2) is 6.52. The Hall–Kier alpha value is -2.18. The van der Waals surface area contributed by atoms with Gasteiger partial charge in [-0.05, 0) is 31.7 Å². The second-order valence-corrected chi connectivity index (χ2v) is 7.37. The molecule has 1 aliphatic carbocycles. The number of rotatable bonds is 3. The fourth-order valence-electron chi connectivity index (χ4n) is 4.56. The van der Waals surface area contributed by atoms with Crippen LogP contribution in [0.5, 0.6) is 0 Å². The van der Waals surface area contributed by atoms with Crippen molar-refractivity contribution < 1.29 is 14.6 Å². The summed E-state index contributed by atoms with van der Waals surface area (Å²) in [5, 5.41) is 10.2. The number of imidazole rings is 1. The van der Waals surface area contributed by atoms with Gasteiger partial charge >= 0.3 is 0 Å². The first-order valence-corrected chi connectivity index (χ1v) is 9.16. The van der Waals surface area contributed by atoms with E-state index in [1.807, 2.05) is 47.0 Å². The van der Waals surface area contributed by atoms with Crippen LogP contribution in [0.25, 0.3) is 11.4 Å². The van der Waals surface area contributed by atoms with Crippen molar-refractivity contribution in [2.24, 2.45) is 7.05 Å². The van der Waals surface area contributed by atoms with Gasteiger partial charge in [0.1, 0.15) is 5.82 Å². The minimum atomic E-state index is -0.374. The number of amides is 1. The van der Waals surface area contributed by atoms with Crippen molar-refractivity contribution in [2.75, 3.05) is 13.7 Å². The number of hydrogen-bond donors (Lipinski definition) is 1. The van der Waals surface area contributed by atoms with E-state index in [2.05, 4.69) is 4.98 Å². The molecule has 1 N–H and O–H groups in total. The summed E-state index contributed by atoms with van der Waals surface area (Å²) in [4.78, 5) is 19.7. The number of aliphatic hydroxyl groups excluding tert-OH is 1. The van der Waals surface area contributed by atoms with E-state index in [1.165, 1.54) is 0 Å². The summed E-state index contributed by atoms with van der Waals surface area (Å²) in [5.41, 5.74) is 1.15. The average molecular weight is 355 g/mol. The molecule has 2 aromatic rings. The Morgan fingerprint density at radius 2 is 2.15 bits per heavy atom. The molecule has 2 heterocycles. The molecule has 138 valence electrons. The van der Waals surface area contributed by atoms with Crippen LogP contribution in [0.4, 0.5) is 0 Å². The summed E-state index contributed by atoms with van der Waals surface area (Å²) in [6, 6.07) is 7.52. The summed E-state index contributed by atoms with van der Waals surface area (Å²) in [7, 11) is 3.65. The molecule has 1 saturated heterocycles. The van der Waals surface area contributed by atoms with Gasteiger partial charge in [-0.1, -0.05) is 18.2 Å². The topological polar surface area (TPSA) is 67.6 Å². The number of carbonyl (C=O) groups is 1. The summed E-state index contributed by atoms with van der Waals surface area (Å²) >= 11 is 0. The van der Waals surface area contributed by atoms with Crippen LogP contribution in [0.15, 0.2) is 36.7 Å². The zero-order valence-electron chi connectivity index (χ0n) is 15.3. The van der Waals surface area contributed by atoms with Gasteiger partial charge in [-0.25, -0.2) is 4.98 Å². The Labute approximate surface area is 153 Å². The van der Waals surface area contributed by atoms with Gasteiger partial charge in [-0.3, -0.25) is 4.79 Å². The van der Waals surface area contributed by atoms with Crippen molar-refractivity contribution in [1.29, 1.82) is 0 Å². The summed E-state index contributed by atoms with van der Waals surface area (Å²) in [6.07, 6.45) is 6.15. The first-order valence-electron chi connectivity index (χ1n) is 9.16. The number of likely N-dealkylation sites (tertiary alicyclic amines) is 1. The fraction of sp³-hybridized carbons (Fsp3) is 0.500. The molecule has 1 aromatic carbocycles. The van der Waals surface area contributed by atoms with Crippen LogP contribution in [0, 0.1) is 0 Å².